The lowest BCUT2D eigenvalue weighted by atomic mass is 10.1. The van der Waals surface area contributed by atoms with Crippen molar-refractivity contribution in [2.24, 2.45) is 0 Å². The van der Waals surface area contributed by atoms with E-state index in [-0.39, 0.29) is 11.5 Å². The molecule has 0 atom stereocenters. The van der Waals surface area contributed by atoms with Crippen LogP contribution < -0.4 is 0 Å². The van der Waals surface area contributed by atoms with Crippen LogP contribution in [0, 0.1) is 0 Å². The molecule has 0 aliphatic rings. The van der Waals surface area contributed by atoms with Crippen molar-refractivity contribution in [1.82, 2.24) is 4.98 Å². The maximum absolute atomic E-state index is 9.70. The second-order valence-corrected chi connectivity index (χ2v) is 3.71. The van der Waals surface area contributed by atoms with Crippen molar-refractivity contribution >= 4 is 21.8 Å². The van der Waals surface area contributed by atoms with Crippen molar-refractivity contribution in [3.8, 4) is 11.5 Å². The Bertz CT molecular complexity index is 692. The second kappa shape index (κ2) is 3.10. The zero-order valence-corrected chi connectivity index (χ0v) is 8.38. The fourth-order valence-electron chi connectivity index (χ4n) is 1.83. The van der Waals surface area contributed by atoms with E-state index in [1.165, 1.54) is 0 Å². The largest absolute Gasteiger partial charge is 0.508 e. The Hall–Kier alpha value is -2.29. The van der Waals surface area contributed by atoms with E-state index in [2.05, 4.69) is 4.98 Å². The maximum atomic E-state index is 9.70. The number of phenolic OH excluding ortho intramolecular Hbond substituents is 2. The van der Waals surface area contributed by atoms with Gasteiger partial charge in [0.1, 0.15) is 11.5 Å². The number of pyridine rings is 1. The van der Waals surface area contributed by atoms with Crippen LogP contribution in [0.15, 0.2) is 42.5 Å². The SMILES string of the molecule is Oc1ccc2nc3cccc(O)c3cc2c1. The van der Waals surface area contributed by atoms with E-state index in [4.69, 9.17) is 0 Å². The van der Waals surface area contributed by atoms with E-state index in [0.29, 0.717) is 5.39 Å². The molecule has 3 aromatic rings. The number of aromatic nitrogens is 1. The van der Waals surface area contributed by atoms with Crippen LogP contribution in [-0.2, 0) is 0 Å². The van der Waals surface area contributed by atoms with Gasteiger partial charge < -0.3 is 10.2 Å². The van der Waals surface area contributed by atoms with Crippen LogP contribution in [0.5, 0.6) is 11.5 Å². The summed E-state index contributed by atoms with van der Waals surface area (Å²) in [5.41, 5.74) is 1.55. The smallest absolute Gasteiger partial charge is 0.124 e. The van der Waals surface area contributed by atoms with E-state index in [1.54, 1.807) is 30.3 Å². The Kier molecular flexibility index (Phi) is 1.74. The summed E-state index contributed by atoms with van der Waals surface area (Å²) in [6.45, 7) is 0. The van der Waals surface area contributed by atoms with E-state index in [1.807, 2.05) is 12.1 Å². The molecule has 0 amide bonds. The highest BCUT2D eigenvalue weighted by Crippen LogP contribution is 2.28. The van der Waals surface area contributed by atoms with Gasteiger partial charge in [-0.3, -0.25) is 0 Å². The minimum Gasteiger partial charge on any atom is -0.508 e. The number of hydrogen-bond donors (Lipinski definition) is 2. The van der Waals surface area contributed by atoms with Crippen molar-refractivity contribution in [2.75, 3.05) is 0 Å². The molecule has 3 heteroatoms. The van der Waals surface area contributed by atoms with Gasteiger partial charge in [0.15, 0.2) is 0 Å². The van der Waals surface area contributed by atoms with Crippen LogP contribution in [0.2, 0.25) is 0 Å². The number of rotatable bonds is 0. The van der Waals surface area contributed by atoms with Crippen LogP contribution >= 0.6 is 0 Å². The van der Waals surface area contributed by atoms with E-state index >= 15 is 0 Å². The molecule has 2 N–H and O–H groups in total. The lowest BCUT2D eigenvalue weighted by Gasteiger charge is -2.03. The molecule has 0 aliphatic carbocycles. The van der Waals surface area contributed by atoms with Gasteiger partial charge in [0.05, 0.1) is 11.0 Å². The zero-order chi connectivity index (χ0) is 11.1. The molecule has 0 aliphatic heterocycles. The normalized spacial score (nSPS) is 11.0. The third-order valence-electron chi connectivity index (χ3n) is 2.61. The van der Waals surface area contributed by atoms with Crippen LogP contribution in [0.25, 0.3) is 21.8 Å². The van der Waals surface area contributed by atoms with Crippen LogP contribution in [0.1, 0.15) is 0 Å². The highest BCUT2D eigenvalue weighted by molar-refractivity contribution is 5.96. The van der Waals surface area contributed by atoms with Gasteiger partial charge in [-0.2, -0.15) is 0 Å². The van der Waals surface area contributed by atoms with Gasteiger partial charge in [-0.05, 0) is 36.4 Å². The molecule has 78 valence electrons. The first kappa shape index (κ1) is 8.97. The molecule has 0 spiro atoms. The molecular weight excluding hydrogens is 202 g/mol. The molecule has 2 aromatic carbocycles. The van der Waals surface area contributed by atoms with Gasteiger partial charge >= 0.3 is 0 Å². The predicted octanol–water partition coefficient (Wildman–Crippen LogP) is 2.80. The van der Waals surface area contributed by atoms with Gasteiger partial charge in [0.2, 0.25) is 0 Å². The Morgan fingerprint density at radius 2 is 1.75 bits per heavy atom. The minimum atomic E-state index is 0.198. The molecule has 0 unspecified atom stereocenters. The Labute approximate surface area is 91.6 Å². The average molecular weight is 211 g/mol. The van der Waals surface area contributed by atoms with Gasteiger partial charge in [0, 0.05) is 10.8 Å². The van der Waals surface area contributed by atoms with Gasteiger partial charge in [-0.1, -0.05) is 6.07 Å². The molecule has 0 bridgehead atoms. The van der Waals surface area contributed by atoms with Crippen molar-refractivity contribution in [1.29, 1.82) is 0 Å². The van der Waals surface area contributed by atoms with Crippen LogP contribution in [-0.4, -0.2) is 15.2 Å². The zero-order valence-electron chi connectivity index (χ0n) is 8.38. The van der Waals surface area contributed by atoms with E-state index < -0.39 is 0 Å². The highest BCUT2D eigenvalue weighted by atomic mass is 16.3. The Morgan fingerprint density at radius 1 is 0.875 bits per heavy atom. The van der Waals surface area contributed by atoms with Crippen molar-refractivity contribution in [3.63, 3.8) is 0 Å². The summed E-state index contributed by atoms with van der Waals surface area (Å²) >= 11 is 0. The standard InChI is InChI=1S/C13H9NO2/c15-9-4-5-11-8(6-9)7-10-12(14-11)2-1-3-13(10)16/h1-7,15-16H. The number of aromatic hydroxyl groups is 2. The third kappa shape index (κ3) is 1.26. The molecule has 0 saturated carbocycles. The monoisotopic (exact) mass is 211 g/mol. The van der Waals surface area contributed by atoms with Gasteiger partial charge in [0.25, 0.3) is 0 Å². The summed E-state index contributed by atoms with van der Waals surface area (Å²) in [7, 11) is 0. The number of fused-ring (bicyclic) bond motifs is 2. The molecule has 0 saturated heterocycles. The molecule has 3 nitrogen and oxygen atoms in total. The second-order valence-electron chi connectivity index (χ2n) is 3.71. The molecule has 0 fully saturated rings. The van der Waals surface area contributed by atoms with Gasteiger partial charge in [-0.15, -0.1) is 0 Å². The number of nitrogens with zero attached hydrogens (tertiary/aromatic N) is 1. The Morgan fingerprint density at radius 3 is 2.62 bits per heavy atom. The maximum Gasteiger partial charge on any atom is 0.124 e. The van der Waals surface area contributed by atoms with Crippen LogP contribution in [0.3, 0.4) is 0 Å². The van der Waals surface area contributed by atoms with Gasteiger partial charge in [-0.25, -0.2) is 4.98 Å². The minimum absolute atomic E-state index is 0.198. The molecule has 0 radical (unpaired) electrons. The van der Waals surface area contributed by atoms with E-state index in [0.717, 1.165) is 16.4 Å². The first-order valence-corrected chi connectivity index (χ1v) is 4.95. The summed E-state index contributed by atoms with van der Waals surface area (Å²) in [6.07, 6.45) is 0. The third-order valence-corrected chi connectivity index (χ3v) is 2.61. The highest BCUT2D eigenvalue weighted by Gasteiger charge is 2.03. The molecule has 1 aromatic heterocycles. The summed E-state index contributed by atoms with van der Waals surface area (Å²) < 4.78 is 0. The van der Waals surface area contributed by atoms with Crippen molar-refractivity contribution in [3.05, 3.63) is 42.5 Å². The summed E-state index contributed by atoms with van der Waals surface area (Å²) in [5.74, 6) is 0.402. The Balaban J connectivity index is 2.49. The fraction of sp³-hybridized carbons (Fsp3) is 0. The average Bonchev–Trinajstić information content (AvgIpc) is 2.28. The number of benzene rings is 2. The molecular formula is C13H9NO2. The first-order valence-electron chi connectivity index (χ1n) is 4.95. The quantitative estimate of drug-likeness (QED) is 0.562. The molecule has 1 heterocycles. The molecule has 3 rings (SSSR count). The summed E-state index contributed by atoms with van der Waals surface area (Å²) in [4.78, 5) is 4.41. The molecule has 16 heavy (non-hydrogen) atoms. The van der Waals surface area contributed by atoms with Crippen molar-refractivity contribution in [2.45, 2.75) is 0 Å². The summed E-state index contributed by atoms with van der Waals surface area (Å²) in [5, 5.41) is 20.6. The number of hydrogen-bond acceptors (Lipinski definition) is 3. The number of phenols is 2. The van der Waals surface area contributed by atoms with Crippen LogP contribution in [0.4, 0.5) is 0 Å². The summed E-state index contributed by atoms with van der Waals surface area (Å²) in [6, 6.07) is 12.1. The lowest BCUT2D eigenvalue weighted by molar-refractivity contribution is 0.476. The first-order chi connectivity index (χ1) is 7.74. The topological polar surface area (TPSA) is 53.4 Å². The van der Waals surface area contributed by atoms with Crippen molar-refractivity contribution < 1.29 is 10.2 Å². The fourth-order valence-corrected chi connectivity index (χ4v) is 1.83. The predicted molar refractivity (Wildman–Crippen MR) is 62.6 cm³/mol. The van der Waals surface area contributed by atoms with E-state index in [9.17, 15) is 10.2 Å². The lowest BCUT2D eigenvalue weighted by Crippen LogP contribution is -1.82.